The first-order chi connectivity index (χ1) is 11.9. The molecule has 2 amide bonds. The summed E-state index contributed by atoms with van der Waals surface area (Å²) in [5.74, 6) is 0.117. The summed E-state index contributed by atoms with van der Waals surface area (Å²) in [6, 6.07) is 3.21. The van der Waals surface area contributed by atoms with Gasteiger partial charge in [-0.2, -0.15) is 5.10 Å². The number of carbonyl (C=O) groups excluding carboxylic acids is 2. The van der Waals surface area contributed by atoms with Gasteiger partial charge in [0.15, 0.2) is 0 Å². The molecule has 1 unspecified atom stereocenters. The molecule has 2 aliphatic rings. The standard InChI is InChI=1S/C18H26N4O3/c1-13(2)21-11-3-9-18(17(21)25)10-4-12-22(18)16(24)8-6-14-5-7-15(23)20-19-14/h5,7,13H,3-4,6,8-12H2,1-2H3,(H,20,23). The SMILES string of the molecule is CC(C)N1CCCC2(CCCN2C(=O)CCc2ccc(=O)[nH]n2)C1=O. The van der Waals surface area contributed by atoms with E-state index in [2.05, 4.69) is 10.2 Å². The van der Waals surface area contributed by atoms with Crippen LogP contribution in [0.3, 0.4) is 0 Å². The minimum atomic E-state index is -0.641. The summed E-state index contributed by atoms with van der Waals surface area (Å²) >= 11 is 0. The number of aromatic nitrogens is 2. The van der Waals surface area contributed by atoms with Gasteiger partial charge in [-0.3, -0.25) is 14.4 Å². The van der Waals surface area contributed by atoms with Crippen molar-refractivity contribution in [3.63, 3.8) is 0 Å². The Morgan fingerprint density at radius 1 is 1.24 bits per heavy atom. The van der Waals surface area contributed by atoms with E-state index in [1.54, 1.807) is 6.07 Å². The summed E-state index contributed by atoms with van der Waals surface area (Å²) < 4.78 is 0. The van der Waals surface area contributed by atoms with Gasteiger partial charge in [0.1, 0.15) is 5.54 Å². The average molecular weight is 346 g/mol. The van der Waals surface area contributed by atoms with E-state index in [1.807, 2.05) is 23.6 Å². The Labute approximate surface area is 147 Å². The number of aromatic amines is 1. The molecule has 2 aliphatic heterocycles. The minimum Gasteiger partial charge on any atom is -0.338 e. The molecule has 3 heterocycles. The number of hydrogen-bond acceptors (Lipinski definition) is 4. The van der Waals surface area contributed by atoms with Crippen molar-refractivity contribution < 1.29 is 9.59 Å². The van der Waals surface area contributed by atoms with Crippen molar-refractivity contribution in [2.75, 3.05) is 13.1 Å². The highest BCUT2D eigenvalue weighted by Gasteiger charge is 2.52. The van der Waals surface area contributed by atoms with Crippen LogP contribution in [0.25, 0.3) is 0 Å². The van der Waals surface area contributed by atoms with Crippen LogP contribution in [0.5, 0.6) is 0 Å². The maximum absolute atomic E-state index is 13.1. The molecule has 0 saturated carbocycles. The number of nitrogens with zero attached hydrogens (tertiary/aromatic N) is 3. The maximum Gasteiger partial charge on any atom is 0.264 e. The van der Waals surface area contributed by atoms with E-state index >= 15 is 0 Å². The van der Waals surface area contributed by atoms with E-state index in [4.69, 9.17) is 0 Å². The molecule has 136 valence electrons. The van der Waals surface area contributed by atoms with Crippen LogP contribution >= 0.6 is 0 Å². The summed E-state index contributed by atoms with van der Waals surface area (Å²) in [5, 5.41) is 6.33. The Kier molecular flexibility index (Phi) is 4.92. The van der Waals surface area contributed by atoms with Gasteiger partial charge in [-0.15, -0.1) is 0 Å². The number of piperidine rings is 1. The molecule has 1 N–H and O–H groups in total. The molecule has 0 bridgehead atoms. The number of H-pyrrole nitrogens is 1. The molecule has 0 aliphatic carbocycles. The summed E-state index contributed by atoms with van der Waals surface area (Å²) in [6.07, 6.45) is 4.10. The lowest BCUT2D eigenvalue weighted by Crippen LogP contribution is -2.62. The summed E-state index contributed by atoms with van der Waals surface area (Å²) in [4.78, 5) is 40.7. The van der Waals surface area contributed by atoms with Crippen molar-refractivity contribution in [3.05, 3.63) is 28.2 Å². The summed E-state index contributed by atoms with van der Waals surface area (Å²) in [5.41, 5.74) is -0.215. The summed E-state index contributed by atoms with van der Waals surface area (Å²) in [7, 11) is 0. The largest absolute Gasteiger partial charge is 0.338 e. The van der Waals surface area contributed by atoms with Crippen LogP contribution in [0.4, 0.5) is 0 Å². The van der Waals surface area contributed by atoms with Crippen LogP contribution in [-0.2, 0) is 16.0 Å². The Bertz CT molecular complexity index is 694. The lowest BCUT2D eigenvalue weighted by atomic mass is 9.84. The molecule has 7 heteroatoms. The van der Waals surface area contributed by atoms with Gasteiger partial charge in [0.25, 0.3) is 5.56 Å². The molecule has 2 fully saturated rings. The first-order valence-corrected chi connectivity index (χ1v) is 9.10. The first-order valence-electron chi connectivity index (χ1n) is 9.10. The van der Waals surface area contributed by atoms with Gasteiger partial charge in [0, 0.05) is 38.0 Å². The van der Waals surface area contributed by atoms with Crippen LogP contribution in [0.15, 0.2) is 16.9 Å². The molecule has 1 spiro atoms. The molecule has 3 rings (SSSR count). The zero-order valence-corrected chi connectivity index (χ0v) is 15.0. The Morgan fingerprint density at radius 2 is 1.96 bits per heavy atom. The first kappa shape index (κ1) is 17.6. The van der Waals surface area contributed by atoms with Gasteiger partial charge < -0.3 is 9.80 Å². The molecular weight excluding hydrogens is 320 g/mol. The van der Waals surface area contributed by atoms with Gasteiger partial charge in [0.2, 0.25) is 11.8 Å². The minimum absolute atomic E-state index is 0.00413. The lowest BCUT2D eigenvalue weighted by molar-refractivity contribution is -0.156. The fourth-order valence-corrected chi connectivity index (χ4v) is 4.12. The van der Waals surface area contributed by atoms with Crippen molar-refractivity contribution in [1.82, 2.24) is 20.0 Å². The van der Waals surface area contributed by atoms with E-state index in [-0.39, 0.29) is 23.4 Å². The van der Waals surface area contributed by atoms with E-state index in [1.165, 1.54) is 6.07 Å². The Morgan fingerprint density at radius 3 is 2.60 bits per heavy atom. The third-order valence-corrected chi connectivity index (χ3v) is 5.39. The van der Waals surface area contributed by atoms with Gasteiger partial charge in [0.05, 0.1) is 5.69 Å². The monoisotopic (exact) mass is 346 g/mol. The maximum atomic E-state index is 13.1. The number of amides is 2. The Hall–Kier alpha value is -2.18. The van der Waals surface area contributed by atoms with Crippen molar-refractivity contribution in [1.29, 1.82) is 0 Å². The Balaban J connectivity index is 1.72. The fourth-order valence-electron chi connectivity index (χ4n) is 4.12. The molecular formula is C18H26N4O3. The number of carbonyl (C=O) groups is 2. The second-order valence-corrected chi connectivity index (χ2v) is 7.29. The molecule has 7 nitrogen and oxygen atoms in total. The third kappa shape index (κ3) is 3.32. The highest BCUT2D eigenvalue weighted by Crippen LogP contribution is 2.39. The topological polar surface area (TPSA) is 86.4 Å². The molecule has 2 saturated heterocycles. The van der Waals surface area contributed by atoms with Gasteiger partial charge >= 0.3 is 0 Å². The second-order valence-electron chi connectivity index (χ2n) is 7.29. The molecule has 0 aromatic carbocycles. The normalized spacial score (nSPS) is 23.7. The zero-order chi connectivity index (χ0) is 18.0. The van der Waals surface area contributed by atoms with Crippen molar-refractivity contribution in [3.8, 4) is 0 Å². The number of nitrogens with one attached hydrogen (secondary N) is 1. The van der Waals surface area contributed by atoms with Gasteiger partial charge in [-0.25, -0.2) is 5.10 Å². The molecule has 25 heavy (non-hydrogen) atoms. The van der Waals surface area contributed by atoms with Crippen molar-refractivity contribution >= 4 is 11.8 Å². The van der Waals surface area contributed by atoms with E-state index in [9.17, 15) is 14.4 Å². The molecule has 1 atom stereocenters. The quantitative estimate of drug-likeness (QED) is 0.884. The number of hydrogen-bond donors (Lipinski definition) is 1. The predicted octanol–water partition coefficient (Wildman–Crippen LogP) is 1.09. The molecule has 1 aromatic rings. The van der Waals surface area contributed by atoms with Gasteiger partial charge in [-0.1, -0.05) is 0 Å². The van der Waals surface area contributed by atoms with Crippen LogP contribution in [-0.4, -0.2) is 56.5 Å². The van der Waals surface area contributed by atoms with Crippen LogP contribution in [0.2, 0.25) is 0 Å². The fraction of sp³-hybridized carbons (Fsp3) is 0.667. The van der Waals surface area contributed by atoms with E-state index < -0.39 is 5.54 Å². The second kappa shape index (κ2) is 6.98. The van der Waals surface area contributed by atoms with E-state index in [0.717, 1.165) is 32.2 Å². The number of likely N-dealkylation sites (tertiary alicyclic amines) is 2. The average Bonchev–Trinajstić information content (AvgIpc) is 3.01. The van der Waals surface area contributed by atoms with Crippen LogP contribution in [0.1, 0.15) is 51.6 Å². The lowest BCUT2D eigenvalue weighted by Gasteiger charge is -2.46. The highest BCUT2D eigenvalue weighted by atomic mass is 16.2. The third-order valence-electron chi connectivity index (χ3n) is 5.39. The highest BCUT2D eigenvalue weighted by molar-refractivity contribution is 5.93. The van der Waals surface area contributed by atoms with E-state index in [0.29, 0.717) is 25.1 Å². The van der Waals surface area contributed by atoms with Gasteiger partial charge in [-0.05, 0) is 45.6 Å². The zero-order valence-electron chi connectivity index (χ0n) is 15.0. The summed E-state index contributed by atoms with van der Waals surface area (Å²) in [6.45, 7) is 5.48. The van der Waals surface area contributed by atoms with Crippen LogP contribution in [0, 0.1) is 0 Å². The smallest absolute Gasteiger partial charge is 0.264 e. The van der Waals surface area contributed by atoms with Crippen molar-refractivity contribution in [2.24, 2.45) is 0 Å². The number of aryl methyl sites for hydroxylation is 1. The molecule has 1 aromatic heterocycles. The number of rotatable bonds is 4. The van der Waals surface area contributed by atoms with Crippen molar-refractivity contribution in [2.45, 2.75) is 64.0 Å². The predicted molar refractivity (Wildman–Crippen MR) is 92.9 cm³/mol. The molecule has 0 radical (unpaired) electrons. The van der Waals surface area contributed by atoms with Crippen LogP contribution < -0.4 is 5.56 Å².